The average Bonchev–Trinajstić information content (AvgIpc) is 2.64. The highest BCUT2D eigenvalue weighted by Crippen LogP contribution is 2.33. The van der Waals surface area contributed by atoms with Crippen LogP contribution in [0.4, 0.5) is 0 Å². The Morgan fingerprint density at radius 2 is 2.40 bits per heavy atom. The lowest BCUT2D eigenvalue weighted by atomic mass is 10.4. The summed E-state index contributed by atoms with van der Waals surface area (Å²) in [5.74, 6) is -0.957. The predicted molar refractivity (Wildman–Crippen MR) is 30.9 cm³/mol. The quantitative estimate of drug-likeness (QED) is 0.307. The SMILES string of the molecule is COC(=O)[C@H]1C[C@H]1[N+](=O)[O-]. The van der Waals surface area contributed by atoms with Crippen LogP contribution in [0.15, 0.2) is 0 Å². The molecule has 0 spiro atoms. The molecule has 1 aliphatic rings. The van der Waals surface area contributed by atoms with E-state index in [1.165, 1.54) is 7.11 Å². The third-order valence-electron chi connectivity index (χ3n) is 1.53. The van der Waals surface area contributed by atoms with E-state index in [-0.39, 0.29) is 0 Å². The predicted octanol–water partition coefficient (Wildman–Crippen LogP) is -0.175. The van der Waals surface area contributed by atoms with Gasteiger partial charge in [-0.15, -0.1) is 0 Å². The molecule has 0 radical (unpaired) electrons. The van der Waals surface area contributed by atoms with E-state index in [9.17, 15) is 14.9 Å². The Kier molecular flexibility index (Phi) is 1.57. The van der Waals surface area contributed by atoms with E-state index in [2.05, 4.69) is 4.74 Å². The van der Waals surface area contributed by atoms with Crippen LogP contribution in [0.1, 0.15) is 6.42 Å². The fraction of sp³-hybridized carbons (Fsp3) is 0.800. The molecule has 0 bridgehead atoms. The van der Waals surface area contributed by atoms with Gasteiger partial charge >= 0.3 is 5.97 Å². The molecule has 0 aromatic heterocycles. The van der Waals surface area contributed by atoms with Gasteiger partial charge in [0, 0.05) is 11.3 Å². The molecule has 5 heteroatoms. The molecule has 1 rings (SSSR count). The Bertz CT molecular complexity index is 178. The van der Waals surface area contributed by atoms with E-state index in [0.29, 0.717) is 6.42 Å². The van der Waals surface area contributed by atoms with E-state index in [1.54, 1.807) is 0 Å². The zero-order valence-electron chi connectivity index (χ0n) is 5.44. The number of nitrogens with zero attached hydrogens (tertiary/aromatic N) is 1. The molecule has 0 amide bonds. The highest BCUT2D eigenvalue weighted by molar-refractivity contribution is 5.76. The van der Waals surface area contributed by atoms with Crippen LogP contribution in [0.5, 0.6) is 0 Å². The van der Waals surface area contributed by atoms with E-state index in [4.69, 9.17) is 0 Å². The smallest absolute Gasteiger partial charge is 0.315 e. The minimum atomic E-state index is -0.688. The molecule has 2 atom stereocenters. The number of ether oxygens (including phenoxy) is 1. The first-order valence-electron chi connectivity index (χ1n) is 2.88. The monoisotopic (exact) mass is 145 g/mol. The van der Waals surface area contributed by atoms with Gasteiger partial charge in [-0.1, -0.05) is 0 Å². The lowest BCUT2D eigenvalue weighted by Crippen LogP contribution is -2.11. The Morgan fingerprint density at radius 3 is 2.70 bits per heavy atom. The zero-order chi connectivity index (χ0) is 7.72. The topological polar surface area (TPSA) is 69.4 Å². The summed E-state index contributed by atoms with van der Waals surface area (Å²) >= 11 is 0. The van der Waals surface area contributed by atoms with Crippen LogP contribution in [0, 0.1) is 16.0 Å². The van der Waals surface area contributed by atoms with Crippen molar-refractivity contribution in [1.82, 2.24) is 0 Å². The minimum absolute atomic E-state index is 0.333. The normalized spacial score (nSPS) is 29.3. The Morgan fingerprint density at radius 1 is 1.80 bits per heavy atom. The average molecular weight is 145 g/mol. The van der Waals surface area contributed by atoms with Gasteiger partial charge in [0.15, 0.2) is 0 Å². The van der Waals surface area contributed by atoms with Gasteiger partial charge in [0.1, 0.15) is 5.92 Å². The van der Waals surface area contributed by atoms with Crippen molar-refractivity contribution >= 4 is 5.97 Å². The molecule has 1 aliphatic carbocycles. The Balaban J connectivity index is 2.38. The molecule has 5 nitrogen and oxygen atoms in total. The summed E-state index contributed by atoms with van der Waals surface area (Å²) in [5.41, 5.74) is 0. The highest BCUT2D eigenvalue weighted by atomic mass is 16.6. The van der Waals surface area contributed by atoms with Crippen molar-refractivity contribution in [3.05, 3.63) is 10.1 Å². The number of esters is 1. The maximum Gasteiger partial charge on any atom is 0.315 e. The maximum absolute atomic E-state index is 10.6. The molecule has 0 heterocycles. The van der Waals surface area contributed by atoms with Crippen molar-refractivity contribution in [1.29, 1.82) is 0 Å². The second-order valence-electron chi connectivity index (χ2n) is 2.22. The fourth-order valence-electron chi connectivity index (χ4n) is 0.819. The molecule has 0 unspecified atom stereocenters. The lowest BCUT2D eigenvalue weighted by Gasteiger charge is -1.91. The number of rotatable bonds is 2. The van der Waals surface area contributed by atoms with Gasteiger partial charge in [-0.3, -0.25) is 14.9 Å². The first-order chi connectivity index (χ1) is 4.66. The number of carbonyl (C=O) groups excluding carboxylic acids is 1. The van der Waals surface area contributed by atoms with Gasteiger partial charge in [0.25, 0.3) is 0 Å². The molecule has 0 N–H and O–H groups in total. The van der Waals surface area contributed by atoms with Crippen LogP contribution in [0.3, 0.4) is 0 Å². The number of carbonyl (C=O) groups is 1. The molecule has 56 valence electrons. The summed E-state index contributed by atoms with van der Waals surface area (Å²) in [6, 6.07) is -0.688. The largest absolute Gasteiger partial charge is 0.469 e. The molecule has 0 aromatic rings. The Labute approximate surface area is 57.1 Å². The second kappa shape index (κ2) is 2.24. The second-order valence-corrected chi connectivity index (χ2v) is 2.22. The summed E-state index contributed by atoms with van der Waals surface area (Å²) in [6.07, 6.45) is 0.333. The van der Waals surface area contributed by atoms with Crippen molar-refractivity contribution in [2.24, 2.45) is 5.92 Å². The number of methoxy groups -OCH3 is 1. The van der Waals surface area contributed by atoms with E-state index < -0.39 is 22.9 Å². The van der Waals surface area contributed by atoms with Crippen LogP contribution in [-0.2, 0) is 9.53 Å². The molecule has 1 saturated carbocycles. The maximum atomic E-state index is 10.6. The van der Waals surface area contributed by atoms with Crippen molar-refractivity contribution < 1.29 is 14.5 Å². The summed E-state index contributed by atoms with van der Waals surface area (Å²) in [4.78, 5) is 20.1. The summed E-state index contributed by atoms with van der Waals surface area (Å²) < 4.78 is 4.31. The van der Waals surface area contributed by atoms with Gasteiger partial charge in [-0.25, -0.2) is 0 Å². The van der Waals surface area contributed by atoms with Gasteiger partial charge in [-0.2, -0.15) is 0 Å². The van der Waals surface area contributed by atoms with Gasteiger partial charge in [-0.05, 0) is 0 Å². The van der Waals surface area contributed by atoms with E-state index >= 15 is 0 Å². The first kappa shape index (κ1) is 6.98. The van der Waals surface area contributed by atoms with Crippen molar-refractivity contribution in [3.63, 3.8) is 0 Å². The fourth-order valence-corrected chi connectivity index (χ4v) is 0.819. The number of hydrogen-bond acceptors (Lipinski definition) is 4. The van der Waals surface area contributed by atoms with Crippen LogP contribution in [0.2, 0.25) is 0 Å². The third-order valence-corrected chi connectivity index (χ3v) is 1.53. The van der Waals surface area contributed by atoms with Crippen LogP contribution in [0.25, 0.3) is 0 Å². The van der Waals surface area contributed by atoms with E-state index in [1.807, 2.05) is 0 Å². The van der Waals surface area contributed by atoms with Crippen LogP contribution in [-0.4, -0.2) is 24.0 Å². The summed E-state index contributed by atoms with van der Waals surface area (Å²) in [7, 11) is 1.23. The van der Waals surface area contributed by atoms with Crippen LogP contribution < -0.4 is 0 Å². The molecule has 0 aliphatic heterocycles. The van der Waals surface area contributed by atoms with Gasteiger partial charge in [0.2, 0.25) is 6.04 Å². The molecule has 1 fully saturated rings. The molecular weight excluding hydrogens is 138 g/mol. The molecule has 0 saturated heterocycles. The Hall–Kier alpha value is -1.13. The third kappa shape index (κ3) is 1.07. The minimum Gasteiger partial charge on any atom is -0.469 e. The van der Waals surface area contributed by atoms with Gasteiger partial charge < -0.3 is 4.74 Å². The number of nitro groups is 1. The van der Waals surface area contributed by atoms with Crippen molar-refractivity contribution in [3.8, 4) is 0 Å². The van der Waals surface area contributed by atoms with Crippen molar-refractivity contribution in [2.75, 3.05) is 7.11 Å². The zero-order valence-corrected chi connectivity index (χ0v) is 5.44. The molecular formula is C5H7NO4. The number of hydrogen-bond donors (Lipinski definition) is 0. The summed E-state index contributed by atoms with van der Waals surface area (Å²) in [6.45, 7) is 0. The molecule has 0 aromatic carbocycles. The summed E-state index contributed by atoms with van der Waals surface area (Å²) in [5, 5.41) is 9.99. The van der Waals surface area contributed by atoms with Crippen molar-refractivity contribution in [2.45, 2.75) is 12.5 Å². The first-order valence-corrected chi connectivity index (χ1v) is 2.88. The standard InChI is InChI=1S/C5H7NO4/c1-10-5(7)3-2-4(3)6(8)9/h3-4H,2H2,1H3/t3-,4+/m0/s1. The van der Waals surface area contributed by atoms with Crippen LogP contribution >= 0.6 is 0 Å². The highest BCUT2D eigenvalue weighted by Gasteiger charge is 2.54. The molecule has 10 heavy (non-hydrogen) atoms. The van der Waals surface area contributed by atoms with Gasteiger partial charge in [0.05, 0.1) is 7.11 Å². The van der Waals surface area contributed by atoms with E-state index in [0.717, 1.165) is 0 Å². The lowest BCUT2D eigenvalue weighted by molar-refractivity contribution is -0.497.